The fourth-order valence-electron chi connectivity index (χ4n) is 0.980. The number of nitrogens with one attached hydrogen (secondary N) is 1. The maximum absolute atomic E-state index is 11.7. The third-order valence-electron chi connectivity index (χ3n) is 2.05. The van der Waals surface area contributed by atoms with Crippen LogP contribution < -0.4 is 5.32 Å². The summed E-state index contributed by atoms with van der Waals surface area (Å²) in [5.74, 6) is -0.741. The molecule has 1 amide bonds. The fourth-order valence-corrected chi connectivity index (χ4v) is 0.980. The molecular weight excluding hydrogens is 259 g/mol. The highest BCUT2D eigenvalue weighted by Crippen LogP contribution is 2.14. The molecule has 4 N–H and O–H groups in total. The van der Waals surface area contributed by atoms with Crippen molar-refractivity contribution in [3.05, 3.63) is 0 Å². The molecule has 0 fully saturated rings. The number of aliphatic hydroxyl groups is 3. The van der Waals surface area contributed by atoms with Crippen LogP contribution in [0.5, 0.6) is 0 Å². The van der Waals surface area contributed by atoms with Gasteiger partial charge in [0.15, 0.2) is 0 Å². The van der Waals surface area contributed by atoms with E-state index in [1.54, 1.807) is 0 Å². The Labute approximate surface area is 101 Å². The first kappa shape index (κ1) is 17.1. The molecule has 18 heavy (non-hydrogen) atoms. The number of rotatable bonds is 8. The summed E-state index contributed by atoms with van der Waals surface area (Å²) in [6.45, 7) is -4.01. The lowest BCUT2D eigenvalue weighted by molar-refractivity contribution is -0.174. The Morgan fingerprint density at radius 3 is 2.00 bits per heavy atom. The van der Waals surface area contributed by atoms with E-state index in [2.05, 4.69) is 10.1 Å². The second-order valence-corrected chi connectivity index (χ2v) is 3.72. The maximum Gasteiger partial charge on any atom is 0.411 e. The molecule has 0 rings (SSSR count). The molecule has 0 aromatic rings. The van der Waals surface area contributed by atoms with Crippen molar-refractivity contribution in [1.29, 1.82) is 0 Å². The summed E-state index contributed by atoms with van der Waals surface area (Å²) in [6, 6.07) is 0. The van der Waals surface area contributed by atoms with Crippen LogP contribution in [0.15, 0.2) is 0 Å². The normalized spacial score (nSPS) is 12.6. The van der Waals surface area contributed by atoms with E-state index in [9.17, 15) is 18.0 Å². The number of ether oxygens (including phenoxy) is 1. The SMILES string of the molecule is O=C(CCOCC(F)(F)F)NC(CO)(CO)CO. The Balaban J connectivity index is 3.97. The van der Waals surface area contributed by atoms with Crippen LogP contribution in [-0.4, -0.2) is 66.0 Å². The number of halogens is 3. The lowest BCUT2D eigenvalue weighted by Gasteiger charge is -2.28. The molecular formula is C9H16F3NO5. The zero-order valence-corrected chi connectivity index (χ0v) is 9.53. The minimum Gasteiger partial charge on any atom is -0.394 e. The Morgan fingerprint density at radius 1 is 1.11 bits per heavy atom. The Kier molecular flexibility index (Phi) is 7.14. The van der Waals surface area contributed by atoms with Crippen LogP contribution in [0, 0.1) is 0 Å². The van der Waals surface area contributed by atoms with Gasteiger partial charge in [-0.05, 0) is 0 Å². The van der Waals surface area contributed by atoms with Crippen molar-refractivity contribution in [2.45, 2.75) is 18.1 Å². The van der Waals surface area contributed by atoms with Crippen molar-refractivity contribution in [1.82, 2.24) is 5.32 Å². The Morgan fingerprint density at radius 2 is 1.61 bits per heavy atom. The van der Waals surface area contributed by atoms with Gasteiger partial charge in [-0.2, -0.15) is 13.2 Å². The summed E-state index contributed by atoms with van der Waals surface area (Å²) in [7, 11) is 0. The zero-order chi connectivity index (χ0) is 14.2. The highest BCUT2D eigenvalue weighted by molar-refractivity contribution is 5.76. The molecule has 0 aromatic carbocycles. The van der Waals surface area contributed by atoms with E-state index in [0.29, 0.717) is 0 Å². The molecule has 0 saturated heterocycles. The van der Waals surface area contributed by atoms with Crippen molar-refractivity contribution in [3.8, 4) is 0 Å². The summed E-state index contributed by atoms with van der Waals surface area (Å²) in [5, 5.41) is 28.8. The number of carbonyl (C=O) groups excluding carboxylic acids is 1. The highest BCUT2D eigenvalue weighted by atomic mass is 19.4. The van der Waals surface area contributed by atoms with Crippen LogP contribution >= 0.6 is 0 Å². The number of aliphatic hydroxyl groups excluding tert-OH is 3. The lowest BCUT2D eigenvalue weighted by Crippen LogP contribution is -2.57. The predicted molar refractivity (Wildman–Crippen MR) is 53.6 cm³/mol. The van der Waals surface area contributed by atoms with Gasteiger partial charge >= 0.3 is 6.18 Å². The predicted octanol–water partition coefficient (Wildman–Crippen LogP) is -1.21. The first-order chi connectivity index (χ1) is 8.28. The Bertz CT molecular complexity index is 247. The van der Waals surface area contributed by atoms with Gasteiger partial charge in [-0.1, -0.05) is 0 Å². The third kappa shape index (κ3) is 6.74. The number of amides is 1. The molecule has 6 nitrogen and oxygen atoms in total. The molecule has 0 spiro atoms. The van der Waals surface area contributed by atoms with Gasteiger partial charge < -0.3 is 25.4 Å². The monoisotopic (exact) mass is 275 g/mol. The summed E-state index contributed by atoms with van der Waals surface area (Å²) in [5.41, 5.74) is -1.58. The average Bonchev–Trinajstić information content (AvgIpc) is 2.31. The van der Waals surface area contributed by atoms with Crippen LogP contribution in [-0.2, 0) is 9.53 Å². The van der Waals surface area contributed by atoms with Gasteiger partial charge in [0.1, 0.15) is 12.1 Å². The van der Waals surface area contributed by atoms with Crippen molar-refractivity contribution in [2.24, 2.45) is 0 Å². The molecule has 0 bridgehead atoms. The van der Waals surface area contributed by atoms with Crippen LogP contribution in [0.25, 0.3) is 0 Å². The van der Waals surface area contributed by atoms with Gasteiger partial charge in [0, 0.05) is 6.42 Å². The molecule has 0 aliphatic rings. The number of hydrogen-bond donors (Lipinski definition) is 4. The fraction of sp³-hybridized carbons (Fsp3) is 0.889. The summed E-state index contributed by atoms with van der Waals surface area (Å²) >= 11 is 0. The first-order valence-electron chi connectivity index (χ1n) is 5.06. The van der Waals surface area contributed by atoms with E-state index >= 15 is 0 Å². The Hall–Kier alpha value is -0.900. The van der Waals surface area contributed by atoms with Crippen LogP contribution in [0.2, 0.25) is 0 Å². The maximum atomic E-state index is 11.7. The molecule has 0 aliphatic carbocycles. The second-order valence-electron chi connectivity index (χ2n) is 3.72. The largest absolute Gasteiger partial charge is 0.411 e. The van der Waals surface area contributed by atoms with Crippen molar-refractivity contribution in [3.63, 3.8) is 0 Å². The molecule has 0 unspecified atom stereocenters. The zero-order valence-electron chi connectivity index (χ0n) is 9.53. The molecule has 0 atom stereocenters. The molecule has 0 aliphatic heterocycles. The standard InChI is InChI=1S/C9H16F3NO5/c10-9(11,12)6-18-2-1-7(17)13-8(3-14,4-15)5-16/h14-16H,1-6H2,(H,13,17). The smallest absolute Gasteiger partial charge is 0.394 e. The minimum absolute atomic E-state index is 0.377. The number of carbonyl (C=O) groups is 1. The van der Waals surface area contributed by atoms with Gasteiger partial charge in [-0.3, -0.25) is 4.79 Å². The number of hydrogen-bond acceptors (Lipinski definition) is 5. The van der Waals surface area contributed by atoms with Crippen LogP contribution in [0.3, 0.4) is 0 Å². The van der Waals surface area contributed by atoms with Crippen molar-refractivity contribution >= 4 is 5.91 Å². The molecule has 9 heteroatoms. The molecule has 0 saturated carbocycles. The van der Waals surface area contributed by atoms with E-state index in [-0.39, 0.29) is 6.42 Å². The van der Waals surface area contributed by atoms with Crippen LogP contribution in [0.4, 0.5) is 13.2 Å². The average molecular weight is 275 g/mol. The van der Waals surface area contributed by atoms with Gasteiger partial charge in [0.2, 0.25) is 5.91 Å². The van der Waals surface area contributed by atoms with E-state index in [0.717, 1.165) is 0 Å². The second kappa shape index (κ2) is 7.52. The number of alkyl halides is 3. The first-order valence-corrected chi connectivity index (χ1v) is 5.06. The van der Waals surface area contributed by atoms with Gasteiger partial charge in [-0.25, -0.2) is 0 Å². The third-order valence-corrected chi connectivity index (χ3v) is 2.05. The minimum atomic E-state index is -4.46. The van der Waals surface area contributed by atoms with Crippen molar-refractivity contribution < 1.29 is 38.0 Å². The lowest BCUT2D eigenvalue weighted by atomic mass is 10.0. The molecule has 0 radical (unpaired) electrons. The summed E-state index contributed by atoms with van der Waals surface area (Å²) in [6.07, 6.45) is -4.83. The summed E-state index contributed by atoms with van der Waals surface area (Å²) < 4.78 is 39.3. The highest BCUT2D eigenvalue weighted by Gasteiger charge is 2.30. The quantitative estimate of drug-likeness (QED) is 0.416. The van der Waals surface area contributed by atoms with E-state index in [4.69, 9.17) is 15.3 Å². The van der Waals surface area contributed by atoms with Gasteiger partial charge in [-0.15, -0.1) is 0 Å². The van der Waals surface area contributed by atoms with Crippen LogP contribution in [0.1, 0.15) is 6.42 Å². The molecule has 0 heterocycles. The molecule has 108 valence electrons. The van der Waals surface area contributed by atoms with Crippen molar-refractivity contribution in [2.75, 3.05) is 33.0 Å². The van der Waals surface area contributed by atoms with Gasteiger partial charge in [0.05, 0.1) is 26.4 Å². The molecule has 0 aromatic heterocycles. The van der Waals surface area contributed by atoms with E-state index < -0.39 is 50.7 Å². The van der Waals surface area contributed by atoms with Gasteiger partial charge in [0.25, 0.3) is 0 Å². The van der Waals surface area contributed by atoms with E-state index in [1.807, 2.05) is 0 Å². The topological polar surface area (TPSA) is 99.0 Å². The van der Waals surface area contributed by atoms with E-state index in [1.165, 1.54) is 0 Å². The summed E-state index contributed by atoms with van der Waals surface area (Å²) in [4.78, 5) is 11.3.